The molecule has 2 aliphatic heterocycles. The summed E-state index contributed by atoms with van der Waals surface area (Å²) in [6.07, 6.45) is 3.23. The number of urea groups is 1. The second-order valence-corrected chi connectivity index (χ2v) is 19.5. The van der Waals surface area contributed by atoms with Gasteiger partial charge in [0.2, 0.25) is 5.91 Å². The molecule has 0 radical (unpaired) electrons. The summed E-state index contributed by atoms with van der Waals surface area (Å²) in [5, 5.41) is 27.8. The predicted octanol–water partition coefficient (Wildman–Crippen LogP) is 8.32. The van der Waals surface area contributed by atoms with Gasteiger partial charge in [0.1, 0.15) is 10.3 Å². The van der Waals surface area contributed by atoms with Gasteiger partial charge in [-0.3, -0.25) is 9.59 Å². The quantitative estimate of drug-likeness (QED) is 0.0180. The molecule has 2 fully saturated rings. The number of amides is 3. The Labute approximate surface area is 384 Å². The van der Waals surface area contributed by atoms with Crippen LogP contribution in [0.2, 0.25) is 0 Å². The number of hydrogen-bond donors (Lipinski definition) is 4. The first-order chi connectivity index (χ1) is 30.9. The van der Waals surface area contributed by atoms with Crippen LogP contribution in [0.5, 0.6) is 0 Å². The first-order valence-electron chi connectivity index (χ1n) is 22.3. The summed E-state index contributed by atoms with van der Waals surface area (Å²) in [5.74, 6) is -2.99. The Morgan fingerprint density at radius 1 is 0.875 bits per heavy atom. The highest BCUT2D eigenvalue weighted by Gasteiger charge is 2.58. The van der Waals surface area contributed by atoms with Crippen LogP contribution < -0.4 is 16.0 Å². The highest BCUT2D eigenvalue weighted by molar-refractivity contribution is 8.01. The molecule has 3 aromatic rings. The van der Waals surface area contributed by atoms with Gasteiger partial charge < -0.3 is 44.3 Å². The van der Waals surface area contributed by atoms with Crippen LogP contribution in [0.15, 0.2) is 91.0 Å². The Kier molecular flexibility index (Phi) is 19.4. The molecule has 3 aromatic carbocycles. The van der Waals surface area contributed by atoms with Crippen molar-refractivity contribution in [1.82, 2.24) is 20.6 Å². The molecule has 4 N–H and O–H groups in total. The van der Waals surface area contributed by atoms with Crippen molar-refractivity contribution in [2.75, 3.05) is 39.7 Å². The van der Waals surface area contributed by atoms with Crippen LogP contribution in [-0.2, 0) is 38.4 Å². The lowest BCUT2D eigenvalue weighted by molar-refractivity contribution is -0.411. The molecule has 2 saturated heterocycles. The van der Waals surface area contributed by atoms with Crippen molar-refractivity contribution >= 4 is 38.2 Å². The van der Waals surface area contributed by atoms with Crippen LogP contribution in [0, 0.1) is 17.2 Å². The van der Waals surface area contributed by atoms with Crippen LogP contribution in [0.25, 0.3) is 0 Å². The molecule has 5 atom stereocenters. The van der Waals surface area contributed by atoms with E-state index in [1.54, 1.807) is 14.2 Å². The first kappa shape index (κ1) is 50.9. The molecule has 2 heterocycles. The number of fused-ring (bicyclic) bond motifs is 1. The van der Waals surface area contributed by atoms with Gasteiger partial charge in [0, 0.05) is 45.0 Å². The molecule has 0 saturated carbocycles. The minimum absolute atomic E-state index is 0.0126. The fourth-order valence-electron chi connectivity index (χ4n) is 8.87. The maximum Gasteiger partial charge on any atom is 0.315 e. The Bertz CT molecular complexity index is 1850. The number of unbranched alkanes of at least 4 members (excludes halogenated alkanes) is 2. The van der Waals surface area contributed by atoms with Gasteiger partial charge in [-0.1, -0.05) is 104 Å². The van der Waals surface area contributed by atoms with E-state index in [1.807, 2.05) is 91.0 Å². The van der Waals surface area contributed by atoms with Crippen molar-refractivity contribution in [2.24, 2.45) is 5.92 Å². The Hall–Kier alpha value is -4.10. The number of methoxy groups -OCH3 is 2. The number of nitrogens with one attached hydrogen (secondary N) is 3. The predicted molar refractivity (Wildman–Crippen MR) is 249 cm³/mol. The lowest BCUT2D eigenvalue weighted by Crippen LogP contribution is -2.59. The number of nitrogens with zero attached hydrogens (tertiary/aromatic N) is 2. The van der Waals surface area contributed by atoms with Crippen LogP contribution in [0.3, 0.4) is 0 Å². The maximum absolute atomic E-state index is 14.8. The van der Waals surface area contributed by atoms with Crippen LogP contribution in [0.4, 0.5) is 4.79 Å². The zero-order valence-corrected chi connectivity index (χ0v) is 39.7. The zero-order valence-electron chi connectivity index (χ0n) is 38.0. The van der Waals surface area contributed by atoms with Gasteiger partial charge >= 0.3 is 12.0 Å². The third-order valence-corrected chi connectivity index (χ3v) is 15.6. The number of hydrogen-bond acceptors (Lipinski definition) is 11. The van der Waals surface area contributed by atoms with Crippen LogP contribution in [0.1, 0.15) is 95.8 Å². The van der Waals surface area contributed by atoms with E-state index >= 15 is 0 Å². The lowest BCUT2D eigenvalue weighted by atomic mass is 9.79. The Balaban J connectivity index is 1.51. The van der Waals surface area contributed by atoms with Crippen molar-refractivity contribution in [3.05, 3.63) is 108 Å². The van der Waals surface area contributed by atoms with E-state index in [9.17, 15) is 24.8 Å². The summed E-state index contributed by atoms with van der Waals surface area (Å²) in [5.41, 5.74) is 1.26. The molecule has 348 valence electrons. The van der Waals surface area contributed by atoms with E-state index in [1.165, 1.54) is 11.8 Å². The van der Waals surface area contributed by atoms with Crippen molar-refractivity contribution in [1.29, 1.82) is 5.26 Å². The number of rotatable bonds is 28. The number of carboxylic acids is 1. The van der Waals surface area contributed by atoms with Crippen molar-refractivity contribution < 1.29 is 42.7 Å². The molecule has 0 bridgehead atoms. The molecule has 0 aliphatic carbocycles. The van der Waals surface area contributed by atoms with Crippen molar-refractivity contribution in [3.63, 3.8) is 0 Å². The average molecular weight is 920 g/mol. The second-order valence-electron chi connectivity index (χ2n) is 16.7. The van der Waals surface area contributed by atoms with E-state index in [0.717, 1.165) is 16.7 Å². The highest BCUT2D eigenvalue weighted by Crippen LogP contribution is 2.49. The van der Waals surface area contributed by atoms with Gasteiger partial charge in [-0.15, -0.1) is 11.8 Å². The molecular weight excluding hydrogens is 854 g/mol. The smallest absolute Gasteiger partial charge is 0.315 e. The SMILES string of the molecule is COC(OC)(OC(c1ccccc1)(c1ccccc1)c1ccccc1)C(CCCCOP(OCCC#N)N(C(C)C)C(C)C)CNC(=O)[C@@]1(CCCCC(=O)O)SC[C@@H]2NC(=O)N[C@@H]21. The number of carbonyl (C=O) groups is 3. The molecule has 0 spiro atoms. The number of nitriles is 1. The van der Waals surface area contributed by atoms with Gasteiger partial charge in [-0.05, 0) is 70.1 Å². The summed E-state index contributed by atoms with van der Waals surface area (Å²) in [7, 11) is 1.66. The standard InChI is InChI=1S/C48H66N5O9PS/c1-35(2)53(36(3)4)63(61-32-20-30-49)60-31-19-17-27-40(33-50-44(56)46(29-18-16-28-42(54)55)43-41(34-64-46)51-45(57)52-43)48(58-5,59-6)62-47(37-21-10-7-11-22-37,38-23-12-8-13-24-38)39-25-14-9-15-26-39/h7-15,21-26,35-36,40-41,43H,16-20,27-29,31-34H2,1-6H3,(H,50,56)(H,54,55)(H2,51,52,57)/t40?,41-,43-,46-,63?/m0/s1. The molecule has 16 heteroatoms. The fraction of sp³-hybridized carbons (Fsp3) is 0.542. The molecular formula is C48H66N5O9PS. The molecule has 0 aromatic heterocycles. The van der Waals surface area contributed by atoms with E-state index in [4.69, 9.17) is 23.3 Å². The highest BCUT2D eigenvalue weighted by atomic mass is 32.2. The van der Waals surface area contributed by atoms with Crippen molar-refractivity contribution in [2.45, 2.75) is 120 Å². The topological polar surface area (TPSA) is 181 Å². The second kappa shape index (κ2) is 24.4. The Morgan fingerprint density at radius 3 is 1.95 bits per heavy atom. The zero-order chi connectivity index (χ0) is 46.2. The molecule has 3 amide bonds. The van der Waals surface area contributed by atoms with Gasteiger partial charge in [0.15, 0.2) is 0 Å². The van der Waals surface area contributed by atoms with Crippen LogP contribution >= 0.6 is 20.3 Å². The van der Waals surface area contributed by atoms with Gasteiger partial charge in [-0.25, -0.2) is 9.46 Å². The minimum atomic E-state index is -1.75. The van der Waals surface area contributed by atoms with E-state index in [0.29, 0.717) is 50.9 Å². The molecule has 2 unspecified atom stereocenters. The van der Waals surface area contributed by atoms with E-state index < -0.39 is 42.8 Å². The number of aliphatic carboxylic acids is 1. The third-order valence-electron chi connectivity index (χ3n) is 11.8. The molecule has 2 aliphatic rings. The number of ether oxygens (including phenoxy) is 3. The average Bonchev–Trinajstić information content (AvgIpc) is 3.85. The number of thioether (sulfide) groups is 1. The minimum Gasteiger partial charge on any atom is -0.481 e. The number of benzene rings is 3. The third kappa shape index (κ3) is 12.2. The number of carbonyl (C=O) groups excluding carboxylic acids is 2. The molecule has 5 rings (SSSR count). The normalized spacial score (nSPS) is 19.5. The van der Waals surface area contributed by atoms with Gasteiger partial charge in [0.05, 0.1) is 43.7 Å². The molecule has 14 nitrogen and oxygen atoms in total. The Morgan fingerprint density at radius 2 is 1.44 bits per heavy atom. The van der Waals surface area contributed by atoms with Gasteiger partial charge in [0.25, 0.3) is 14.5 Å². The molecule has 64 heavy (non-hydrogen) atoms. The summed E-state index contributed by atoms with van der Waals surface area (Å²) in [6.45, 7) is 9.13. The van der Waals surface area contributed by atoms with Crippen molar-refractivity contribution in [3.8, 4) is 6.07 Å². The van der Waals surface area contributed by atoms with E-state index in [2.05, 4.69) is 54.4 Å². The first-order valence-corrected chi connectivity index (χ1v) is 24.4. The fourth-order valence-corrected chi connectivity index (χ4v) is 12.1. The van der Waals surface area contributed by atoms with Gasteiger partial charge in [-0.2, -0.15) is 5.26 Å². The monoisotopic (exact) mass is 919 g/mol. The number of carboxylic acid groups (broad SMARTS) is 1. The summed E-state index contributed by atoms with van der Waals surface area (Å²) in [4.78, 5) is 38.9. The lowest BCUT2D eigenvalue weighted by Gasteiger charge is -2.46. The summed E-state index contributed by atoms with van der Waals surface area (Å²) < 4.78 is 34.2. The maximum atomic E-state index is 14.8. The van der Waals surface area contributed by atoms with Crippen LogP contribution in [-0.4, -0.2) is 102 Å². The van der Waals surface area contributed by atoms with E-state index in [-0.39, 0.29) is 56.1 Å². The summed E-state index contributed by atoms with van der Waals surface area (Å²) >= 11 is 1.48. The summed E-state index contributed by atoms with van der Waals surface area (Å²) in [6, 6.07) is 31.2. The largest absolute Gasteiger partial charge is 0.481 e.